The van der Waals surface area contributed by atoms with Crippen LogP contribution in [0.4, 0.5) is 4.39 Å². The van der Waals surface area contributed by atoms with Gasteiger partial charge in [0.1, 0.15) is 18.2 Å². The fourth-order valence-electron chi connectivity index (χ4n) is 2.07. The van der Waals surface area contributed by atoms with Gasteiger partial charge in [0.15, 0.2) is 0 Å². The molecule has 98 valence electrons. The molecule has 0 bridgehead atoms. The first kappa shape index (κ1) is 13.5. The zero-order valence-electron chi connectivity index (χ0n) is 9.95. The summed E-state index contributed by atoms with van der Waals surface area (Å²) in [6.45, 7) is -0.189. The predicted octanol–water partition coefficient (Wildman–Crippen LogP) is 3.08. The Hall–Kier alpha value is -1.91. The number of hydrogen-bond donors (Lipinski definition) is 1. The lowest BCUT2D eigenvalue weighted by Gasteiger charge is -2.07. The number of hydrogen-bond acceptors (Lipinski definition) is 2. The number of aromatic nitrogens is 2. The lowest BCUT2D eigenvalue weighted by Crippen LogP contribution is -2.00. The number of aliphatic hydroxyl groups excluding tert-OH is 1. The van der Waals surface area contributed by atoms with Gasteiger partial charge in [-0.25, -0.2) is 9.37 Å². The largest absolute Gasteiger partial charge is 0.388 e. The van der Waals surface area contributed by atoms with Crippen molar-refractivity contribution < 1.29 is 9.50 Å². The molecule has 0 aliphatic rings. The van der Waals surface area contributed by atoms with Crippen LogP contribution in [-0.2, 0) is 6.61 Å². The van der Waals surface area contributed by atoms with Crippen LogP contribution in [0, 0.1) is 5.82 Å². The maximum absolute atomic E-state index is 13.3. The van der Waals surface area contributed by atoms with Gasteiger partial charge in [-0.2, -0.15) is 0 Å². The van der Waals surface area contributed by atoms with Crippen molar-refractivity contribution in [3.05, 3.63) is 60.2 Å². The zero-order chi connectivity index (χ0) is 12.5. The number of aliphatic hydroxyl groups is 1. The Morgan fingerprint density at radius 3 is 2.53 bits per heavy atom. The monoisotopic (exact) mass is 278 g/mol. The normalized spacial score (nSPS) is 10.4. The fraction of sp³-hybridized carbons (Fsp3) is 0.0714. The zero-order valence-corrected chi connectivity index (χ0v) is 10.8. The second kappa shape index (κ2) is 5.38. The summed E-state index contributed by atoms with van der Waals surface area (Å²) in [7, 11) is 0. The molecule has 5 heteroatoms. The van der Waals surface area contributed by atoms with Crippen molar-refractivity contribution >= 4 is 23.4 Å². The highest BCUT2D eigenvalue weighted by Crippen LogP contribution is 2.22. The van der Waals surface area contributed by atoms with E-state index < -0.39 is 0 Å². The first-order chi connectivity index (χ1) is 8.79. The van der Waals surface area contributed by atoms with E-state index in [-0.39, 0.29) is 24.8 Å². The lowest BCUT2D eigenvalue weighted by atomic mass is 10.2. The van der Waals surface area contributed by atoms with E-state index in [1.54, 1.807) is 10.6 Å². The summed E-state index contributed by atoms with van der Waals surface area (Å²) < 4.78 is 15.1. The maximum Gasteiger partial charge on any atom is 0.140 e. The van der Waals surface area contributed by atoms with E-state index in [2.05, 4.69) is 4.98 Å². The average molecular weight is 279 g/mol. The molecule has 0 saturated carbocycles. The first-order valence-corrected chi connectivity index (χ1v) is 5.63. The van der Waals surface area contributed by atoms with E-state index in [1.807, 2.05) is 30.3 Å². The molecule has 19 heavy (non-hydrogen) atoms. The summed E-state index contributed by atoms with van der Waals surface area (Å²) in [5.41, 5.74) is 2.18. The second-order valence-electron chi connectivity index (χ2n) is 3.99. The number of nitrogens with zero attached hydrogens (tertiary/aromatic N) is 2. The third-order valence-corrected chi connectivity index (χ3v) is 2.84. The number of rotatable bonds is 2. The quantitative estimate of drug-likeness (QED) is 0.782. The third-order valence-electron chi connectivity index (χ3n) is 2.84. The number of halogens is 2. The molecule has 1 aromatic heterocycles. The molecule has 0 spiro atoms. The summed E-state index contributed by atoms with van der Waals surface area (Å²) in [6.07, 6.45) is 0. The Balaban J connectivity index is 0.00000133. The van der Waals surface area contributed by atoms with E-state index in [0.717, 1.165) is 5.69 Å². The molecular formula is C14H12ClFN2O. The van der Waals surface area contributed by atoms with Gasteiger partial charge in [0.2, 0.25) is 0 Å². The van der Waals surface area contributed by atoms with Crippen molar-refractivity contribution in [2.24, 2.45) is 0 Å². The molecule has 0 atom stereocenters. The summed E-state index contributed by atoms with van der Waals surface area (Å²) in [6, 6.07) is 13.9. The van der Waals surface area contributed by atoms with Crippen LogP contribution in [0.3, 0.4) is 0 Å². The van der Waals surface area contributed by atoms with Gasteiger partial charge < -0.3 is 5.11 Å². The van der Waals surface area contributed by atoms with E-state index in [0.29, 0.717) is 16.9 Å². The minimum Gasteiger partial charge on any atom is -0.388 e. The van der Waals surface area contributed by atoms with Crippen molar-refractivity contribution in [3.8, 4) is 5.69 Å². The van der Waals surface area contributed by atoms with Crippen molar-refractivity contribution in [1.29, 1.82) is 0 Å². The van der Waals surface area contributed by atoms with Crippen molar-refractivity contribution in [2.75, 3.05) is 0 Å². The summed E-state index contributed by atoms with van der Waals surface area (Å²) in [5, 5.41) is 9.37. The second-order valence-corrected chi connectivity index (χ2v) is 3.99. The highest BCUT2D eigenvalue weighted by Gasteiger charge is 2.11. The SMILES string of the molecule is Cl.OCc1nc2ccc(F)cc2n1-c1ccccc1. The highest BCUT2D eigenvalue weighted by molar-refractivity contribution is 5.85. The molecule has 1 heterocycles. The van der Waals surface area contributed by atoms with Gasteiger partial charge in [0.25, 0.3) is 0 Å². The van der Waals surface area contributed by atoms with Crippen LogP contribution in [0.1, 0.15) is 5.82 Å². The average Bonchev–Trinajstić information content (AvgIpc) is 2.77. The van der Waals surface area contributed by atoms with Crippen LogP contribution in [0.2, 0.25) is 0 Å². The molecular weight excluding hydrogens is 267 g/mol. The maximum atomic E-state index is 13.3. The Labute approximate surface area is 115 Å². The molecule has 0 fully saturated rings. The standard InChI is InChI=1S/C14H11FN2O.ClH/c15-10-6-7-12-13(8-10)17(14(9-18)16-12)11-4-2-1-3-5-11;/h1-8,18H,9H2;1H. The van der Waals surface area contributed by atoms with E-state index in [9.17, 15) is 9.50 Å². The molecule has 1 N–H and O–H groups in total. The molecule has 0 unspecified atom stereocenters. The molecule has 0 aliphatic heterocycles. The Kier molecular flexibility index (Phi) is 3.83. The fourth-order valence-corrected chi connectivity index (χ4v) is 2.07. The van der Waals surface area contributed by atoms with Crippen LogP contribution < -0.4 is 0 Å². The van der Waals surface area contributed by atoms with Gasteiger partial charge in [0, 0.05) is 11.8 Å². The van der Waals surface area contributed by atoms with Gasteiger partial charge in [-0.1, -0.05) is 18.2 Å². The Morgan fingerprint density at radius 2 is 1.84 bits per heavy atom. The van der Waals surface area contributed by atoms with E-state index >= 15 is 0 Å². The van der Waals surface area contributed by atoms with Crippen LogP contribution in [0.5, 0.6) is 0 Å². The molecule has 0 saturated heterocycles. The molecule has 2 aromatic carbocycles. The molecule has 0 radical (unpaired) electrons. The van der Waals surface area contributed by atoms with Crippen LogP contribution in [0.25, 0.3) is 16.7 Å². The molecule has 0 aliphatic carbocycles. The molecule has 3 aromatic rings. The van der Waals surface area contributed by atoms with Crippen molar-refractivity contribution in [2.45, 2.75) is 6.61 Å². The lowest BCUT2D eigenvalue weighted by molar-refractivity contribution is 0.270. The molecule has 3 nitrogen and oxygen atoms in total. The first-order valence-electron chi connectivity index (χ1n) is 5.63. The Bertz CT molecular complexity index is 697. The smallest absolute Gasteiger partial charge is 0.140 e. The van der Waals surface area contributed by atoms with Gasteiger partial charge in [-0.3, -0.25) is 4.57 Å². The topological polar surface area (TPSA) is 38.1 Å². The number of benzene rings is 2. The van der Waals surface area contributed by atoms with Crippen molar-refractivity contribution in [1.82, 2.24) is 9.55 Å². The number of fused-ring (bicyclic) bond motifs is 1. The predicted molar refractivity (Wildman–Crippen MR) is 74.2 cm³/mol. The summed E-state index contributed by atoms with van der Waals surface area (Å²) in [5.74, 6) is 0.186. The minimum atomic E-state index is -0.316. The van der Waals surface area contributed by atoms with Crippen molar-refractivity contribution in [3.63, 3.8) is 0 Å². The van der Waals surface area contributed by atoms with Crippen LogP contribution >= 0.6 is 12.4 Å². The number of para-hydroxylation sites is 1. The van der Waals surface area contributed by atoms with Gasteiger partial charge in [0.05, 0.1) is 11.0 Å². The summed E-state index contributed by atoms with van der Waals surface area (Å²) in [4.78, 5) is 4.29. The van der Waals surface area contributed by atoms with E-state index in [4.69, 9.17) is 0 Å². The minimum absolute atomic E-state index is 0. The molecule has 3 rings (SSSR count). The summed E-state index contributed by atoms with van der Waals surface area (Å²) >= 11 is 0. The van der Waals surface area contributed by atoms with Crippen LogP contribution in [-0.4, -0.2) is 14.7 Å². The number of imidazole rings is 1. The van der Waals surface area contributed by atoms with Crippen LogP contribution in [0.15, 0.2) is 48.5 Å². The van der Waals surface area contributed by atoms with Gasteiger partial charge >= 0.3 is 0 Å². The third kappa shape index (κ3) is 2.32. The molecule has 0 amide bonds. The van der Waals surface area contributed by atoms with E-state index in [1.165, 1.54) is 12.1 Å². The highest BCUT2D eigenvalue weighted by atomic mass is 35.5. The van der Waals surface area contributed by atoms with Gasteiger partial charge in [-0.15, -0.1) is 12.4 Å². The van der Waals surface area contributed by atoms with Gasteiger partial charge in [-0.05, 0) is 24.3 Å². The Morgan fingerprint density at radius 1 is 1.11 bits per heavy atom.